The van der Waals surface area contributed by atoms with E-state index in [1.807, 2.05) is 0 Å². The zero-order chi connectivity index (χ0) is 13.8. The van der Waals surface area contributed by atoms with Gasteiger partial charge in [0.1, 0.15) is 5.69 Å². The number of carbonyl (C=O) groups is 2. The third kappa shape index (κ3) is 3.30. The van der Waals surface area contributed by atoms with Crippen molar-refractivity contribution >= 4 is 34.8 Å². The van der Waals surface area contributed by atoms with Crippen molar-refractivity contribution in [3.05, 3.63) is 50.9 Å². The average molecular weight is 297 g/mol. The third-order valence-electron chi connectivity index (χ3n) is 2.31. The Kier molecular flexibility index (Phi) is 4.13. The Bertz CT molecular complexity index is 627. The standard InChI is InChI=1S/C12H9ClN2O3S/c13-9-4-3-7(19-9)6-15-11(16)10-8(12(17)18)2-1-5-14-10/h1-5H,6H2,(H,15,16)(H,17,18). The molecule has 2 N–H and O–H groups in total. The van der Waals surface area contributed by atoms with Gasteiger partial charge in [-0.15, -0.1) is 11.3 Å². The van der Waals surface area contributed by atoms with Gasteiger partial charge in [-0.1, -0.05) is 11.6 Å². The fraction of sp³-hybridized carbons (Fsp3) is 0.0833. The van der Waals surface area contributed by atoms with Crippen LogP contribution in [0.3, 0.4) is 0 Å². The molecule has 5 nitrogen and oxygen atoms in total. The molecule has 1 amide bonds. The van der Waals surface area contributed by atoms with E-state index in [-0.39, 0.29) is 17.8 Å². The fourth-order valence-corrected chi connectivity index (χ4v) is 2.48. The van der Waals surface area contributed by atoms with Crippen molar-refractivity contribution < 1.29 is 14.7 Å². The van der Waals surface area contributed by atoms with Crippen LogP contribution in [0.5, 0.6) is 0 Å². The van der Waals surface area contributed by atoms with E-state index >= 15 is 0 Å². The number of carboxylic acids is 1. The number of amides is 1. The maximum absolute atomic E-state index is 11.9. The van der Waals surface area contributed by atoms with Crippen LogP contribution < -0.4 is 5.32 Å². The van der Waals surface area contributed by atoms with Gasteiger partial charge in [0.2, 0.25) is 0 Å². The summed E-state index contributed by atoms with van der Waals surface area (Å²) in [7, 11) is 0. The summed E-state index contributed by atoms with van der Waals surface area (Å²) in [6.07, 6.45) is 1.38. The number of hydrogen-bond donors (Lipinski definition) is 2. The molecule has 0 fully saturated rings. The highest BCUT2D eigenvalue weighted by molar-refractivity contribution is 7.16. The lowest BCUT2D eigenvalue weighted by Crippen LogP contribution is -2.25. The first kappa shape index (κ1) is 13.5. The van der Waals surface area contributed by atoms with E-state index in [4.69, 9.17) is 16.7 Å². The Labute approximate surface area is 117 Å². The normalized spacial score (nSPS) is 10.2. The van der Waals surface area contributed by atoms with E-state index in [9.17, 15) is 9.59 Å². The van der Waals surface area contributed by atoms with Crippen LogP contribution in [0, 0.1) is 0 Å². The monoisotopic (exact) mass is 296 g/mol. The van der Waals surface area contributed by atoms with Gasteiger partial charge in [0, 0.05) is 11.1 Å². The number of nitrogens with one attached hydrogen (secondary N) is 1. The first-order chi connectivity index (χ1) is 9.08. The average Bonchev–Trinajstić information content (AvgIpc) is 2.81. The second kappa shape index (κ2) is 5.81. The van der Waals surface area contributed by atoms with Gasteiger partial charge in [0.25, 0.3) is 5.91 Å². The Hall–Kier alpha value is -1.92. The zero-order valence-corrected chi connectivity index (χ0v) is 11.2. The fourth-order valence-electron chi connectivity index (χ4n) is 1.46. The summed E-state index contributed by atoms with van der Waals surface area (Å²) in [4.78, 5) is 27.5. The Morgan fingerprint density at radius 1 is 1.37 bits per heavy atom. The minimum Gasteiger partial charge on any atom is -0.478 e. The topological polar surface area (TPSA) is 79.3 Å². The minimum absolute atomic E-state index is 0.0994. The predicted octanol–water partition coefficient (Wildman–Crippen LogP) is 2.42. The minimum atomic E-state index is -1.18. The van der Waals surface area contributed by atoms with Crippen molar-refractivity contribution in [1.29, 1.82) is 0 Å². The van der Waals surface area contributed by atoms with Gasteiger partial charge in [-0.3, -0.25) is 9.78 Å². The summed E-state index contributed by atoms with van der Waals surface area (Å²) < 4.78 is 0.633. The van der Waals surface area contributed by atoms with Crippen LogP contribution in [0.25, 0.3) is 0 Å². The Morgan fingerprint density at radius 2 is 2.16 bits per heavy atom. The lowest BCUT2D eigenvalue weighted by Gasteiger charge is -2.05. The highest BCUT2D eigenvalue weighted by atomic mass is 35.5. The molecule has 0 radical (unpaired) electrons. The summed E-state index contributed by atoms with van der Waals surface area (Å²) in [5.74, 6) is -1.71. The van der Waals surface area contributed by atoms with Crippen molar-refractivity contribution in [2.75, 3.05) is 0 Å². The smallest absolute Gasteiger partial charge is 0.338 e. The Balaban J connectivity index is 2.10. The van der Waals surface area contributed by atoms with Gasteiger partial charge in [0.05, 0.1) is 16.4 Å². The number of aromatic nitrogens is 1. The van der Waals surface area contributed by atoms with Crippen LogP contribution in [0.2, 0.25) is 4.34 Å². The van der Waals surface area contributed by atoms with Crippen LogP contribution in [0.15, 0.2) is 30.5 Å². The molecule has 0 aliphatic heterocycles. The number of pyridine rings is 1. The summed E-state index contributed by atoms with van der Waals surface area (Å²) in [6.45, 7) is 0.284. The van der Waals surface area contributed by atoms with E-state index in [0.717, 1.165) is 4.88 Å². The molecule has 0 bridgehead atoms. The molecule has 2 aromatic heterocycles. The summed E-state index contributed by atoms with van der Waals surface area (Å²) in [5.41, 5.74) is -0.220. The molecule has 0 aliphatic rings. The molecule has 19 heavy (non-hydrogen) atoms. The molecule has 0 unspecified atom stereocenters. The van der Waals surface area contributed by atoms with Gasteiger partial charge in [-0.2, -0.15) is 0 Å². The summed E-state index contributed by atoms with van der Waals surface area (Å²) in [5, 5.41) is 11.6. The number of hydrogen-bond acceptors (Lipinski definition) is 4. The van der Waals surface area contributed by atoms with Crippen LogP contribution in [-0.4, -0.2) is 22.0 Å². The molecule has 2 rings (SSSR count). The van der Waals surface area contributed by atoms with Gasteiger partial charge in [-0.05, 0) is 24.3 Å². The van der Waals surface area contributed by atoms with Crippen LogP contribution >= 0.6 is 22.9 Å². The lowest BCUT2D eigenvalue weighted by molar-refractivity contribution is 0.0690. The molecule has 0 saturated carbocycles. The number of rotatable bonds is 4. The van der Waals surface area contributed by atoms with Gasteiger partial charge >= 0.3 is 5.97 Å². The van der Waals surface area contributed by atoms with Crippen LogP contribution in [0.1, 0.15) is 25.7 Å². The van der Waals surface area contributed by atoms with Gasteiger partial charge < -0.3 is 10.4 Å². The van der Waals surface area contributed by atoms with Gasteiger partial charge in [0.15, 0.2) is 0 Å². The molecular formula is C12H9ClN2O3S. The van der Waals surface area contributed by atoms with Crippen molar-refractivity contribution in [2.24, 2.45) is 0 Å². The van der Waals surface area contributed by atoms with Crippen molar-refractivity contribution in [1.82, 2.24) is 10.3 Å². The zero-order valence-electron chi connectivity index (χ0n) is 9.59. The van der Waals surface area contributed by atoms with E-state index in [1.54, 1.807) is 12.1 Å². The molecule has 0 aliphatic carbocycles. The van der Waals surface area contributed by atoms with Crippen molar-refractivity contribution in [3.63, 3.8) is 0 Å². The van der Waals surface area contributed by atoms with E-state index in [2.05, 4.69) is 10.3 Å². The molecular weight excluding hydrogens is 288 g/mol. The maximum atomic E-state index is 11.9. The number of nitrogens with zero attached hydrogens (tertiary/aromatic N) is 1. The number of aromatic carboxylic acids is 1. The van der Waals surface area contributed by atoms with Crippen LogP contribution in [-0.2, 0) is 6.54 Å². The quantitative estimate of drug-likeness (QED) is 0.908. The second-order valence-electron chi connectivity index (χ2n) is 3.59. The summed E-state index contributed by atoms with van der Waals surface area (Å²) >= 11 is 7.12. The van der Waals surface area contributed by atoms with E-state index < -0.39 is 11.9 Å². The van der Waals surface area contributed by atoms with Gasteiger partial charge in [-0.25, -0.2) is 4.79 Å². The highest BCUT2D eigenvalue weighted by Gasteiger charge is 2.17. The SMILES string of the molecule is O=C(O)c1cccnc1C(=O)NCc1ccc(Cl)s1. The van der Waals surface area contributed by atoms with Crippen molar-refractivity contribution in [3.8, 4) is 0 Å². The molecule has 98 valence electrons. The molecule has 0 aromatic carbocycles. The Morgan fingerprint density at radius 3 is 2.79 bits per heavy atom. The number of thiophene rings is 1. The number of carboxylic acid groups (broad SMARTS) is 1. The number of carbonyl (C=O) groups excluding carboxylic acids is 1. The molecule has 0 atom stereocenters. The lowest BCUT2D eigenvalue weighted by atomic mass is 10.2. The largest absolute Gasteiger partial charge is 0.478 e. The molecule has 0 saturated heterocycles. The first-order valence-electron chi connectivity index (χ1n) is 5.28. The molecule has 2 aromatic rings. The predicted molar refractivity (Wildman–Crippen MR) is 71.7 cm³/mol. The number of halogens is 1. The third-order valence-corrected chi connectivity index (χ3v) is 3.54. The molecule has 0 spiro atoms. The van der Waals surface area contributed by atoms with Crippen LogP contribution in [0.4, 0.5) is 0 Å². The first-order valence-corrected chi connectivity index (χ1v) is 6.48. The summed E-state index contributed by atoms with van der Waals surface area (Å²) in [6, 6.07) is 6.34. The highest BCUT2D eigenvalue weighted by Crippen LogP contribution is 2.21. The van der Waals surface area contributed by atoms with E-state index in [1.165, 1.54) is 29.7 Å². The second-order valence-corrected chi connectivity index (χ2v) is 5.39. The maximum Gasteiger partial charge on any atom is 0.338 e. The molecule has 2 heterocycles. The van der Waals surface area contributed by atoms with E-state index in [0.29, 0.717) is 4.34 Å². The molecule has 7 heteroatoms. The van der Waals surface area contributed by atoms with Crippen molar-refractivity contribution in [2.45, 2.75) is 6.54 Å².